The molecule has 1 atom stereocenters. The first-order valence-electron chi connectivity index (χ1n) is 5.52. The van der Waals surface area contributed by atoms with E-state index in [1.54, 1.807) is 19.2 Å². The minimum atomic E-state index is -0.943. The fourth-order valence-corrected chi connectivity index (χ4v) is 1.17. The van der Waals surface area contributed by atoms with Crippen molar-refractivity contribution in [2.24, 2.45) is 5.92 Å². The molecule has 0 radical (unpaired) electrons. The minimum absolute atomic E-state index is 0.0873. The number of urea groups is 1. The number of hydrogen-bond acceptors (Lipinski definition) is 4. The quantitative estimate of drug-likeness (QED) is 0.699. The number of carbonyl (C=O) groups is 2. The van der Waals surface area contributed by atoms with E-state index < -0.39 is 17.9 Å². The van der Waals surface area contributed by atoms with Gasteiger partial charge >= 0.3 is 12.0 Å². The Kier molecular flexibility index (Phi) is 5.04. The Hall–Kier alpha value is -2.18. The molecular weight excluding hydrogens is 236 g/mol. The van der Waals surface area contributed by atoms with E-state index in [0.717, 1.165) is 0 Å². The molecule has 7 heteroatoms. The van der Waals surface area contributed by atoms with Gasteiger partial charge in [0.1, 0.15) is 5.82 Å². The summed E-state index contributed by atoms with van der Waals surface area (Å²) in [5.41, 5.74) is 0.698. The van der Waals surface area contributed by atoms with Gasteiger partial charge in [0.25, 0.3) is 0 Å². The maximum absolute atomic E-state index is 11.4. The summed E-state index contributed by atoms with van der Waals surface area (Å²) in [5.74, 6) is -0.923. The zero-order valence-electron chi connectivity index (χ0n) is 10.3. The summed E-state index contributed by atoms with van der Waals surface area (Å²) in [6.45, 7) is 3.65. The van der Waals surface area contributed by atoms with E-state index in [9.17, 15) is 9.59 Å². The minimum Gasteiger partial charge on any atom is -0.481 e. The van der Waals surface area contributed by atoms with Crippen LogP contribution in [0.2, 0.25) is 0 Å². The van der Waals surface area contributed by atoms with Gasteiger partial charge in [0.15, 0.2) is 0 Å². The summed E-state index contributed by atoms with van der Waals surface area (Å²) in [6, 6.07) is 1.28. The lowest BCUT2D eigenvalue weighted by Crippen LogP contribution is -2.39. The third kappa shape index (κ3) is 4.77. The Bertz CT molecular complexity index is 436. The van der Waals surface area contributed by atoms with Crippen molar-refractivity contribution in [3.05, 3.63) is 23.8 Å². The topological polar surface area (TPSA) is 104 Å². The molecule has 1 rings (SSSR count). The number of rotatable bonds is 5. The van der Waals surface area contributed by atoms with Gasteiger partial charge in [-0.05, 0) is 13.0 Å². The molecule has 0 aliphatic carbocycles. The molecule has 0 saturated heterocycles. The molecule has 98 valence electrons. The second-order valence-electron chi connectivity index (χ2n) is 3.90. The second kappa shape index (κ2) is 6.53. The van der Waals surface area contributed by atoms with E-state index in [1.807, 2.05) is 0 Å². The fourth-order valence-electron chi connectivity index (χ4n) is 1.17. The first-order chi connectivity index (χ1) is 8.49. The van der Waals surface area contributed by atoms with Crippen molar-refractivity contribution in [3.8, 4) is 0 Å². The van der Waals surface area contributed by atoms with Crippen LogP contribution in [0, 0.1) is 12.8 Å². The highest BCUT2D eigenvalue weighted by Crippen LogP contribution is 1.94. The molecule has 1 aromatic heterocycles. The lowest BCUT2D eigenvalue weighted by Gasteiger charge is -2.09. The molecule has 0 fully saturated rings. The number of aliphatic carboxylic acids is 1. The average Bonchev–Trinajstić information content (AvgIpc) is 2.33. The van der Waals surface area contributed by atoms with Crippen LogP contribution in [-0.2, 0) is 11.3 Å². The predicted molar refractivity (Wildman–Crippen MR) is 63.8 cm³/mol. The van der Waals surface area contributed by atoms with Crippen LogP contribution >= 0.6 is 0 Å². The van der Waals surface area contributed by atoms with Crippen molar-refractivity contribution < 1.29 is 14.7 Å². The number of amides is 2. The molecule has 1 aromatic rings. The van der Waals surface area contributed by atoms with Gasteiger partial charge in [-0.2, -0.15) is 0 Å². The highest BCUT2D eigenvalue weighted by atomic mass is 16.4. The maximum Gasteiger partial charge on any atom is 0.315 e. The largest absolute Gasteiger partial charge is 0.481 e. The van der Waals surface area contributed by atoms with Crippen molar-refractivity contribution >= 4 is 12.0 Å². The number of nitrogens with one attached hydrogen (secondary N) is 2. The van der Waals surface area contributed by atoms with Crippen LogP contribution in [0.15, 0.2) is 12.3 Å². The van der Waals surface area contributed by atoms with E-state index in [4.69, 9.17) is 5.11 Å². The standard InChI is InChI=1S/C11H16N4O3/c1-7(10(16)17)5-13-11(18)14-6-9-3-4-12-8(2)15-9/h3-4,7H,5-6H2,1-2H3,(H,16,17)(H2,13,14,18). The zero-order valence-corrected chi connectivity index (χ0v) is 10.3. The smallest absolute Gasteiger partial charge is 0.315 e. The summed E-state index contributed by atoms with van der Waals surface area (Å²) in [5, 5.41) is 13.7. The van der Waals surface area contributed by atoms with Crippen molar-refractivity contribution in [1.29, 1.82) is 0 Å². The Labute approximate surface area is 105 Å². The van der Waals surface area contributed by atoms with Crippen LogP contribution in [0.1, 0.15) is 18.4 Å². The van der Waals surface area contributed by atoms with E-state index in [2.05, 4.69) is 20.6 Å². The fraction of sp³-hybridized carbons (Fsp3) is 0.455. The molecule has 7 nitrogen and oxygen atoms in total. The molecule has 0 aliphatic rings. The highest BCUT2D eigenvalue weighted by Gasteiger charge is 2.11. The van der Waals surface area contributed by atoms with Crippen molar-refractivity contribution in [2.45, 2.75) is 20.4 Å². The first-order valence-corrected chi connectivity index (χ1v) is 5.52. The monoisotopic (exact) mass is 252 g/mol. The molecular formula is C11H16N4O3. The van der Waals surface area contributed by atoms with E-state index >= 15 is 0 Å². The lowest BCUT2D eigenvalue weighted by atomic mass is 10.2. The van der Waals surface area contributed by atoms with Crippen molar-refractivity contribution in [2.75, 3.05) is 6.54 Å². The van der Waals surface area contributed by atoms with Crippen molar-refractivity contribution in [3.63, 3.8) is 0 Å². The molecule has 0 aromatic carbocycles. The van der Waals surface area contributed by atoms with E-state index in [-0.39, 0.29) is 13.1 Å². The predicted octanol–water partition coefficient (Wildman–Crippen LogP) is 0.305. The van der Waals surface area contributed by atoms with Gasteiger partial charge < -0.3 is 15.7 Å². The van der Waals surface area contributed by atoms with Crippen LogP contribution in [0.3, 0.4) is 0 Å². The Morgan fingerprint density at radius 2 is 2.17 bits per heavy atom. The summed E-state index contributed by atoms with van der Waals surface area (Å²) >= 11 is 0. The van der Waals surface area contributed by atoms with Crippen LogP contribution in [-0.4, -0.2) is 33.6 Å². The Morgan fingerprint density at radius 1 is 1.44 bits per heavy atom. The number of nitrogens with zero attached hydrogens (tertiary/aromatic N) is 2. The number of carbonyl (C=O) groups excluding carboxylic acids is 1. The Morgan fingerprint density at radius 3 is 2.78 bits per heavy atom. The number of aryl methyl sites for hydroxylation is 1. The number of carboxylic acid groups (broad SMARTS) is 1. The van der Waals surface area contributed by atoms with Gasteiger partial charge in [0.2, 0.25) is 0 Å². The average molecular weight is 252 g/mol. The number of hydrogen-bond donors (Lipinski definition) is 3. The molecule has 0 saturated carbocycles. The normalized spacial score (nSPS) is 11.7. The van der Waals surface area contributed by atoms with Gasteiger partial charge in [0, 0.05) is 12.7 Å². The number of carboxylic acids is 1. The molecule has 1 heterocycles. The van der Waals surface area contributed by atoms with Gasteiger partial charge in [-0.3, -0.25) is 4.79 Å². The summed E-state index contributed by atoms with van der Waals surface area (Å²) in [4.78, 5) is 30.0. The third-order valence-electron chi connectivity index (χ3n) is 2.25. The zero-order chi connectivity index (χ0) is 13.5. The van der Waals surface area contributed by atoms with Gasteiger partial charge in [-0.25, -0.2) is 14.8 Å². The highest BCUT2D eigenvalue weighted by molar-refractivity contribution is 5.75. The molecule has 0 bridgehead atoms. The Balaban J connectivity index is 2.31. The van der Waals surface area contributed by atoms with Gasteiger partial charge in [-0.1, -0.05) is 6.92 Å². The van der Waals surface area contributed by atoms with Crippen LogP contribution < -0.4 is 10.6 Å². The van der Waals surface area contributed by atoms with Crippen LogP contribution in [0.25, 0.3) is 0 Å². The molecule has 18 heavy (non-hydrogen) atoms. The molecule has 0 spiro atoms. The first kappa shape index (κ1) is 13.9. The van der Waals surface area contributed by atoms with Crippen LogP contribution in [0.5, 0.6) is 0 Å². The molecule has 0 aliphatic heterocycles. The van der Waals surface area contributed by atoms with E-state index in [1.165, 1.54) is 6.92 Å². The second-order valence-corrected chi connectivity index (χ2v) is 3.90. The molecule has 3 N–H and O–H groups in total. The molecule has 1 unspecified atom stereocenters. The summed E-state index contributed by atoms with van der Waals surface area (Å²) in [7, 11) is 0. The SMILES string of the molecule is Cc1nccc(CNC(=O)NCC(C)C(=O)O)n1. The maximum atomic E-state index is 11.4. The lowest BCUT2D eigenvalue weighted by molar-refractivity contribution is -0.140. The van der Waals surface area contributed by atoms with Gasteiger partial charge in [0.05, 0.1) is 18.2 Å². The summed E-state index contributed by atoms with van der Waals surface area (Å²) in [6.07, 6.45) is 1.61. The third-order valence-corrected chi connectivity index (χ3v) is 2.25. The van der Waals surface area contributed by atoms with E-state index in [0.29, 0.717) is 11.5 Å². The summed E-state index contributed by atoms with van der Waals surface area (Å²) < 4.78 is 0. The molecule has 2 amide bonds. The number of aromatic nitrogens is 2. The van der Waals surface area contributed by atoms with Crippen LogP contribution in [0.4, 0.5) is 4.79 Å². The van der Waals surface area contributed by atoms with Crippen molar-refractivity contribution in [1.82, 2.24) is 20.6 Å². The van der Waals surface area contributed by atoms with Gasteiger partial charge in [-0.15, -0.1) is 0 Å².